The Hall–Kier alpha value is -2.62. The first-order valence-electron chi connectivity index (χ1n) is 9.83. The van der Waals surface area contributed by atoms with Crippen LogP contribution in [0.2, 0.25) is 0 Å². The molecule has 3 amide bonds. The highest BCUT2D eigenvalue weighted by Crippen LogP contribution is 2.35. The third-order valence-electron chi connectivity index (χ3n) is 4.74. The van der Waals surface area contributed by atoms with Crippen molar-refractivity contribution in [1.82, 2.24) is 10.2 Å². The van der Waals surface area contributed by atoms with Gasteiger partial charge in [-0.25, -0.2) is 13.6 Å². The van der Waals surface area contributed by atoms with Gasteiger partial charge in [0.05, 0.1) is 4.91 Å². The Bertz CT molecular complexity index is 930. The number of amides is 3. The second-order valence-corrected chi connectivity index (χ2v) is 9.48. The normalized spacial score (nSPS) is 19.1. The van der Waals surface area contributed by atoms with E-state index in [2.05, 4.69) is 5.32 Å². The van der Waals surface area contributed by atoms with Crippen LogP contribution < -0.4 is 10.2 Å². The molecule has 0 saturated carbocycles. The molecule has 0 atom stereocenters. The molecule has 0 radical (unpaired) electrons. The fraction of sp³-hybridized carbons (Fsp3) is 0.476. The van der Waals surface area contributed by atoms with E-state index in [1.807, 2.05) is 4.90 Å². The van der Waals surface area contributed by atoms with Gasteiger partial charge in [-0.15, -0.1) is 0 Å². The van der Waals surface area contributed by atoms with Gasteiger partial charge >= 0.3 is 6.09 Å². The molecule has 0 aromatic heterocycles. The molecule has 1 aromatic carbocycles. The molecule has 2 heterocycles. The SMILES string of the molecule is CC(C)(C)OC(=O)N1CCN(c2ccc(C(C)(F)F)cc2/C=C2\SC(=O)NC2=O)CC1. The van der Waals surface area contributed by atoms with Gasteiger partial charge in [-0.05, 0) is 56.3 Å². The Morgan fingerprint density at radius 2 is 1.77 bits per heavy atom. The van der Waals surface area contributed by atoms with Crippen molar-refractivity contribution in [2.24, 2.45) is 0 Å². The Balaban J connectivity index is 1.84. The third-order valence-corrected chi connectivity index (χ3v) is 5.55. The molecule has 0 spiro atoms. The maximum atomic E-state index is 13.9. The minimum atomic E-state index is -3.05. The van der Waals surface area contributed by atoms with Crippen LogP contribution in [0.15, 0.2) is 23.1 Å². The van der Waals surface area contributed by atoms with Crippen molar-refractivity contribution in [3.8, 4) is 0 Å². The molecule has 2 aliphatic rings. The minimum Gasteiger partial charge on any atom is -0.444 e. The summed E-state index contributed by atoms with van der Waals surface area (Å²) < 4.78 is 33.2. The number of hydrogen-bond acceptors (Lipinski definition) is 6. The molecule has 1 aromatic rings. The largest absolute Gasteiger partial charge is 0.444 e. The number of carbonyl (C=O) groups excluding carboxylic acids is 3. The number of ether oxygens (including phenoxy) is 1. The number of carbonyl (C=O) groups is 3. The fourth-order valence-corrected chi connectivity index (χ4v) is 3.92. The highest BCUT2D eigenvalue weighted by Gasteiger charge is 2.30. The van der Waals surface area contributed by atoms with Crippen LogP contribution >= 0.6 is 11.8 Å². The van der Waals surface area contributed by atoms with Gasteiger partial charge in [-0.2, -0.15) is 0 Å². The monoisotopic (exact) mass is 453 g/mol. The summed E-state index contributed by atoms with van der Waals surface area (Å²) in [6.07, 6.45) is 1.06. The number of piperazine rings is 1. The van der Waals surface area contributed by atoms with E-state index in [9.17, 15) is 23.2 Å². The van der Waals surface area contributed by atoms with Crippen molar-refractivity contribution in [2.75, 3.05) is 31.1 Å². The average molecular weight is 454 g/mol. The standard InChI is InChI=1S/C21H25F2N3O4S/c1-20(2,3)30-19(29)26-9-7-25(8-10-26)15-6-5-14(21(4,22)23)11-13(15)12-16-17(27)24-18(28)31-16/h5-6,11-12H,7-10H2,1-4H3,(H,24,27,28)/b16-12-. The van der Waals surface area contributed by atoms with E-state index in [1.165, 1.54) is 18.2 Å². The lowest BCUT2D eigenvalue weighted by Gasteiger charge is -2.37. The Labute approximate surface area is 183 Å². The molecule has 0 bridgehead atoms. The first-order chi connectivity index (χ1) is 14.3. The molecule has 168 valence electrons. The van der Waals surface area contributed by atoms with Crippen LogP contribution in [0, 0.1) is 0 Å². The van der Waals surface area contributed by atoms with Crippen LogP contribution in [0.3, 0.4) is 0 Å². The van der Waals surface area contributed by atoms with Crippen molar-refractivity contribution in [3.05, 3.63) is 34.2 Å². The second-order valence-electron chi connectivity index (χ2n) is 8.47. The number of benzene rings is 1. The highest BCUT2D eigenvalue weighted by atomic mass is 32.2. The number of halogens is 2. The zero-order chi connectivity index (χ0) is 23.0. The molecule has 0 unspecified atom stereocenters. The van der Waals surface area contributed by atoms with Crippen LogP contribution in [-0.2, 0) is 15.5 Å². The zero-order valence-electron chi connectivity index (χ0n) is 17.8. The number of imide groups is 1. The number of rotatable bonds is 3. The molecular weight excluding hydrogens is 428 g/mol. The molecule has 7 nitrogen and oxygen atoms in total. The topological polar surface area (TPSA) is 79.0 Å². The predicted octanol–water partition coefficient (Wildman–Crippen LogP) is 4.18. The van der Waals surface area contributed by atoms with E-state index in [-0.39, 0.29) is 10.5 Å². The minimum absolute atomic E-state index is 0.148. The molecule has 2 saturated heterocycles. The summed E-state index contributed by atoms with van der Waals surface area (Å²) in [7, 11) is 0. The summed E-state index contributed by atoms with van der Waals surface area (Å²) in [5, 5.41) is 1.67. The number of hydrogen-bond donors (Lipinski definition) is 1. The molecule has 10 heteroatoms. The van der Waals surface area contributed by atoms with Gasteiger partial charge in [0.1, 0.15) is 5.60 Å². The highest BCUT2D eigenvalue weighted by molar-refractivity contribution is 8.18. The van der Waals surface area contributed by atoms with Gasteiger partial charge in [0.25, 0.3) is 17.1 Å². The number of alkyl halides is 2. The summed E-state index contributed by atoms with van der Waals surface area (Å²) in [5.74, 6) is -3.60. The summed E-state index contributed by atoms with van der Waals surface area (Å²) in [6, 6.07) is 4.27. The molecule has 3 rings (SSSR count). The predicted molar refractivity (Wildman–Crippen MR) is 115 cm³/mol. The number of thioether (sulfide) groups is 1. The first-order valence-corrected chi connectivity index (χ1v) is 10.7. The quantitative estimate of drug-likeness (QED) is 0.692. The molecular formula is C21H25F2N3O4S. The van der Waals surface area contributed by atoms with Gasteiger partial charge in [-0.3, -0.25) is 14.9 Å². The summed E-state index contributed by atoms with van der Waals surface area (Å²) in [6.45, 7) is 7.95. The zero-order valence-corrected chi connectivity index (χ0v) is 18.6. The third kappa shape index (κ3) is 5.75. The van der Waals surface area contributed by atoms with Crippen molar-refractivity contribution in [1.29, 1.82) is 0 Å². The first kappa shape index (κ1) is 23.1. The summed E-state index contributed by atoms with van der Waals surface area (Å²) >= 11 is 0.733. The maximum Gasteiger partial charge on any atom is 0.410 e. The average Bonchev–Trinajstić information content (AvgIpc) is 2.96. The maximum absolute atomic E-state index is 13.9. The lowest BCUT2D eigenvalue weighted by Crippen LogP contribution is -2.50. The van der Waals surface area contributed by atoms with Gasteiger partial charge in [0, 0.05) is 44.4 Å². The Kier molecular flexibility index (Phi) is 6.31. The van der Waals surface area contributed by atoms with Gasteiger partial charge < -0.3 is 14.5 Å². The van der Waals surface area contributed by atoms with Crippen molar-refractivity contribution in [2.45, 2.75) is 39.2 Å². The van der Waals surface area contributed by atoms with Crippen molar-refractivity contribution >= 4 is 40.8 Å². The fourth-order valence-electron chi connectivity index (χ4n) is 3.25. The second kappa shape index (κ2) is 8.49. The van der Waals surface area contributed by atoms with E-state index in [0.717, 1.165) is 18.7 Å². The lowest BCUT2D eigenvalue weighted by atomic mass is 10.0. The van der Waals surface area contributed by atoms with Gasteiger partial charge in [-0.1, -0.05) is 6.07 Å². The molecule has 1 N–H and O–H groups in total. The Morgan fingerprint density at radius 1 is 1.13 bits per heavy atom. The number of anilines is 1. The molecule has 2 fully saturated rings. The van der Waals surface area contributed by atoms with E-state index < -0.39 is 28.8 Å². The van der Waals surface area contributed by atoms with Crippen LogP contribution in [0.1, 0.15) is 38.8 Å². The van der Waals surface area contributed by atoms with Crippen LogP contribution in [-0.4, -0.2) is 53.9 Å². The molecule has 2 aliphatic heterocycles. The van der Waals surface area contributed by atoms with Crippen LogP contribution in [0.5, 0.6) is 0 Å². The molecule has 0 aliphatic carbocycles. The van der Waals surface area contributed by atoms with Gasteiger partial charge in [0.2, 0.25) is 0 Å². The smallest absolute Gasteiger partial charge is 0.410 e. The van der Waals surface area contributed by atoms with Crippen LogP contribution in [0.25, 0.3) is 6.08 Å². The van der Waals surface area contributed by atoms with E-state index in [4.69, 9.17) is 4.74 Å². The van der Waals surface area contributed by atoms with Gasteiger partial charge in [0.15, 0.2) is 0 Å². The molecule has 31 heavy (non-hydrogen) atoms. The number of nitrogens with zero attached hydrogens (tertiary/aromatic N) is 2. The lowest BCUT2D eigenvalue weighted by molar-refractivity contribution is -0.115. The van der Waals surface area contributed by atoms with E-state index >= 15 is 0 Å². The van der Waals surface area contributed by atoms with E-state index in [0.29, 0.717) is 37.4 Å². The number of nitrogens with one attached hydrogen (secondary N) is 1. The van der Waals surface area contributed by atoms with Crippen molar-refractivity contribution < 1.29 is 27.9 Å². The van der Waals surface area contributed by atoms with E-state index in [1.54, 1.807) is 31.7 Å². The van der Waals surface area contributed by atoms with Crippen LogP contribution in [0.4, 0.5) is 24.1 Å². The summed E-state index contributed by atoms with van der Waals surface area (Å²) in [5.41, 5.74) is 0.283. The summed E-state index contributed by atoms with van der Waals surface area (Å²) in [4.78, 5) is 39.4. The van der Waals surface area contributed by atoms with Crippen molar-refractivity contribution in [3.63, 3.8) is 0 Å². The Morgan fingerprint density at radius 3 is 2.29 bits per heavy atom.